The zero-order valence-corrected chi connectivity index (χ0v) is 11.8. The minimum atomic E-state index is -0.739. The summed E-state index contributed by atoms with van der Waals surface area (Å²) in [5.74, 6) is -0.328. The van der Waals surface area contributed by atoms with E-state index in [4.69, 9.17) is 5.11 Å². The van der Waals surface area contributed by atoms with Crippen LogP contribution >= 0.6 is 0 Å². The molecular formula is C18H19NO2. The predicted molar refractivity (Wildman–Crippen MR) is 83.1 cm³/mol. The largest absolute Gasteiger partial charge is 0.480 e. The highest BCUT2D eigenvalue weighted by atomic mass is 16.4. The van der Waals surface area contributed by atoms with Crippen LogP contribution in [-0.4, -0.2) is 23.7 Å². The highest BCUT2D eigenvalue weighted by molar-refractivity contribution is 5.73. The summed E-state index contributed by atoms with van der Waals surface area (Å²) >= 11 is 0. The molecule has 0 amide bonds. The molecule has 2 N–H and O–H groups in total. The number of carboxylic acid groups (broad SMARTS) is 1. The van der Waals surface area contributed by atoms with Gasteiger partial charge in [-0.3, -0.25) is 4.79 Å². The van der Waals surface area contributed by atoms with E-state index in [1.807, 2.05) is 18.2 Å². The monoisotopic (exact) mass is 281 g/mol. The molecular weight excluding hydrogens is 262 g/mol. The Morgan fingerprint density at radius 1 is 1.05 bits per heavy atom. The highest BCUT2D eigenvalue weighted by Gasteiger charge is 2.28. The fourth-order valence-corrected chi connectivity index (χ4v) is 2.95. The van der Waals surface area contributed by atoms with Crippen molar-refractivity contribution in [2.75, 3.05) is 6.54 Å². The van der Waals surface area contributed by atoms with Crippen molar-refractivity contribution in [3.63, 3.8) is 0 Å². The van der Waals surface area contributed by atoms with Gasteiger partial charge >= 0.3 is 5.97 Å². The molecule has 1 fully saturated rings. The smallest absolute Gasteiger partial charge is 0.320 e. The topological polar surface area (TPSA) is 49.3 Å². The van der Waals surface area contributed by atoms with Crippen molar-refractivity contribution in [1.29, 1.82) is 0 Å². The lowest BCUT2D eigenvalue weighted by molar-refractivity contribution is -0.139. The number of carbonyl (C=O) groups is 1. The number of carboxylic acids is 1. The maximum absolute atomic E-state index is 10.9. The SMILES string of the molecule is O=C(O)C1CC(Cc2ccc(-c3ccccc3)cc2)CN1. The molecule has 0 radical (unpaired) electrons. The third-order valence-electron chi connectivity index (χ3n) is 4.11. The van der Waals surface area contributed by atoms with Gasteiger partial charge in [-0.1, -0.05) is 54.6 Å². The molecule has 2 unspecified atom stereocenters. The summed E-state index contributed by atoms with van der Waals surface area (Å²) in [6, 6.07) is 18.5. The van der Waals surface area contributed by atoms with Crippen LogP contribution in [0.1, 0.15) is 12.0 Å². The molecule has 1 heterocycles. The number of benzene rings is 2. The minimum Gasteiger partial charge on any atom is -0.480 e. The maximum atomic E-state index is 10.9. The van der Waals surface area contributed by atoms with Crippen LogP contribution in [0.5, 0.6) is 0 Å². The Hall–Kier alpha value is -2.13. The van der Waals surface area contributed by atoms with Gasteiger partial charge in [-0.15, -0.1) is 0 Å². The lowest BCUT2D eigenvalue weighted by atomic mass is 9.95. The average Bonchev–Trinajstić information content (AvgIpc) is 2.98. The quantitative estimate of drug-likeness (QED) is 0.906. The van der Waals surface area contributed by atoms with Crippen LogP contribution in [0.4, 0.5) is 0 Å². The van der Waals surface area contributed by atoms with E-state index in [-0.39, 0.29) is 6.04 Å². The van der Waals surface area contributed by atoms with Gasteiger partial charge in [-0.2, -0.15) is 0 Å². The number of aliphatic carboxylic acids is 1. The third kappa shape index (κ3) is 3.31. The van der Waals surface area contributed by atoms with Gasteiger partial charge in [0.2, 0.25) is 0 Å². The first-order chi connectivity index (χ1) is 10.2. The molecule has 3 rings (SSSR count). The van der Waals surface area contributed by atoms with Crippen LogP contribution in [0.3, 0.4) is 0 Å². The standard InChI is InChI=1S/C18H19NO2/c20-18(21)17-11-14(12-19-17)10-13-6-8-16(9-7-13)15-4-2-1-3-5-15/h1-9,14,17,19H,10-12H2,(H,20,21). The van der Waals surface area contributed by atoms with Crippen LogP contribution in [0.2, 0.25) is 0 Å². The Morgan fingerprint density at radius 3 is 2.33 bits per heavy atom. The summed E-state index contributed by atoms with van der Waals surface area (Å²) in [6.07, 6.45) is 1.65. The fourth-order valence-electron chi connectivity index (χ4n) is 2.95. The molecule has 0 saturated carbocycles. The molecule has 21 heavy (non-hydrogen) atoms. The predicted octanol–water partition coefficient (Wildman–Crippen LogP) is 2.96. The molecule has 2 aromatic carbocycles. The summed E-state index contributed by atoms with van der Waals surface area (Å²) in [5.41, 5.74) is 3.71. The highest BCUT2D eigenvalue weighted by Crippen LogP contribution is 2.23. The summed E-state index contributed by atoms with van der Waals surface area (Å²) in [5, 5.41) is 12.1. The van der Waals surface area contributed by atoms with Gasteiger partial charge < -0.3 is 10.4 Å². The third-order valence-corrected chi connectivity index (χ3v) is 4.11. The van der Waals surface area contributed by atoms with Crippen LogP contribution < -0.4 is 5.32 Å². The Balaban J connectivity index is 1.64. The van der Waals surface area contributed by atoms with E-state index in [1.54, 1.807) is 0 Å². The Labute approximate surface area is 124 Å². The van der Waals surface area contributed by atoms with Crippen LogP contribution in [0, 0.1) is 5.92 Å². The molecule has 0 aromatic heterocycles. The van der Waals surface area contributed by atoms with Crippen LogP contribution in [-0.2, 0) is 11.2 Å². The summed E-state index contributed by atoms with van der Waals surface area (Å²) in [6.45, 7) is 0.789. The normalized spacial score (nSPS) is 21.3. The molecule has 2 atom stereocenters. The first-order valence-electron chi connectivity index (χ1n) is 7.33. The van der Waals surface area contributed by atoms with Crippen molar-refractivity contribution in [2.45, 2.75) is 18.9 Å². The van der Waals surface area contributed by atoms with Crippen molar-refractivity contribution in [2.24, 2.45) is 5.92 Å². The van der Waals surface area contributed by atoms with Gasteiger partial charge in [-0.05, 0) is 42.0 Å². The summed E-state index contributed by atoms with van der Waals surface area (Å²) < 4.78 is 0. The fraction of sp³-hybridized carbons (Fsp3) is 0.278. The van der Waals surface area contributed by atoms with E-state index in [0.29, 0.717) is 5.92 Å². The first kappa shape index (κ1) is 13.8. The van der Waals surface area contributed by atoms with Gasteiger partial charge in [0.05, 0.1) is 0 Å². The van der Waals surface area contributed by atoms with Crippen molar-refractivity contribution in [3.05, 3.63) is 60.2 Å². The summed E-state index contributed by atoms with van der Waals surface area (Å²) in [4.78, 5) is 10.9. The van der Waals surface area contributed by atoms with Gasteiger partial charge in [0.25, 0.3) is 0 Å². The second-order valence-corrected chi connectivity index (χ2v) is 5.67. The van der Waals surface area contributed by atoms with Crippen molar-refractivity contribution in [1.82, 2.24) is 5.32 Å². The van der Waals surface area contributed by atoms with Gasteiger partial charge in [-0.25, -0.2) is 0 Å². The van der Waals surface area contributed by atoms with E-state index >= 15 is 0 Å². The molecule has 1 aliphatic heterocycles. The average molecular weight is 281 g/mol. The molecule has 1 saturated heterocycles. The lowest BCUT2D eigenvalue weighted by Gasteiger charge is -2.09. The first-order valence-corrected chi connectivity index (χ1v) is 7.33. The van der Waals surface area contributed by atoms with Gasteiger partial charge in [0, 0.05) is 0 Å². The number of hydrogen-bond donors (Lipinski definition) is 2. The van der Waals surface area contributed by atoms with E-state index < -0.39 is 5.97 Å². The lowest BCUT2D eigenvalue weighted by Crippen LogP contribution is -2.29. The second-order valence-electron chi connectivity index (χ2n) is 5.67. The van der Waals surface area contributed by atoms with Gasteiger partial charge in [0.1, 0.15) is 6.04 Å². The molecule has 2 aromatic rings. The zero-order chi connectivity index (χ0) is 14.7. The molecule has 1 aliphatic rings. The summed E-state index contributed by atoms with van der Waals surface area (Å²) in [7, 11) is 0. The molecule has 3 nitrogen and oxygen atoms in total. The minimum absolute atomic E-state index is 0.376. The Morgan fingerprint density at radius 2 is 1.71 bits per heavy atom. The second kappa shape index (κ2) is 6.10. The Bertz CT molecular complexity index is 607. The molecule has 0 bridgehead atoms. The molecule has 0 spiro atoms. The van der Waals surface area contributed by atoms with Crippen LogP contribution in [0.15, 0.2) is 54.6 Å². The van der Waals surface area contributed by atoms with Crippen molar-refractivity contribution >= 4 is 5.97 Å². The van der Waals surface area contributed by atoms with E-state index in [1.165, 1.54) is 16.7 Å². The van der Waals surface area contributed by atoms with Crippen LogP contribution in [0.25, 0.3) is 11.1 Å². The van der Waals surface area contributed by atoms with Gasteiger partial charge in [0.15, 0.2) is 0 Å². The number of hydrogen-bond acceptors (Lipinski definition) is 2. The molecule has 3 heteroatoms. The molecule has 0 aliphatic carbocycles. The van der Waals surface area contributed by atoms with E-state index in [2.05, 4.69) is 41.7 Å². The van der Waals surface area contributed by atoms with E-state index in [9.17, 15) is 4.79 Å². The Kier molecular flexibility index (Phi) is 4.02. The van der Waals surface area contributed by atoms with E-state index in [0.717, 1.165) is 19.4 Å². The van der Waals surface area contributed by atoms with Crippen molar-refractivity contribution in [3.8, 4) is 11.1 Å². The van der Waals surface area contributed by atoms with Crippen molar-refractivity contribution < 1.29 is 9.90 Å². The number of rotatable bonds is 4. The maximum Gasteiger partial charge on any atom is 0.320 e. The number of nitrogens with one attached hydrogen (secondary N) is 1. The molecule has 108 valence electrons. The zero-order valence-electron chi connectivity index (χ0n) is 11.8.